The fraction of sp³-hybridized carbons (Fsp3) is 0.105. The van der Waals surface area contributed by atoms with Crippen LogP contribution < -0.4 is 21.0 Å². The number of fused-ring (bicyclic) bond motifs is 1. The zero-order valence-electron chi connectivity index (χ0n) is 14.5. The molecule has 0 aliphatic heterocycles. The number of methoxy groups -OCH3 is 1. The maximum absolute atomic E-state index is 12.6. The molecule has 0 bridgehead atoms. The molecule has 0 aliphatic carbocycles. The maximum Gasteiger partial charge on any atom is 0.336 e. The summed E-state index contributed by atoms with van der Waals surface area (Å²) in [5.41, 5.74) is 1.90. The summed E-state index contributed by atoms with van der Waals surface area (Å²) in [7, 11) is 1.51. The summed E-state index contributed by atoms with van der Waals surface area (Å²) >= 11 is 8.61. The number of carbonyl (C=O) groups excluding carboxylic acids is 1. The monoisotopic (exact) mass is 446 g/mol. The van der Waals surface area contributed by atoms with Gasteiger partial charge in [0.1, 0.15) is 11.3 Å². The van der Waals surface area contributed by atoms with Gasteiger partial charge in [0.15, 0.2) is 5.11 Å². The average Bonchev–Trinajstić information content (AvgIpc) is 2.61. The summed E-state index contributed by atoms with van der Waals surface area (Å²) in [6, 6.07) is 11.6. The van der Waals surface area contributed by atoms with Gasteiger partial charge in [-0.25, -0.2) is 4.79 Å². The first-order valence-corrected chi connectivity index (χ1v) is 9.08. The number of amides is 1. The Morgan fingerprint density at radius 1 is 1.19 bits per heavy atom. The van der Waals surface area contributed by atoms with Crippen LogP contribution in [0.5, 0.6) is 5.75 Å². The van der Waals surface area contributed by atoms with E-state index in [-0.39, 0.29) is 11.0 Å². The highest BCUT2D eigenvalue weighted by molar-refractivity contribution is 9.10. The second-order valence-corrected chi connectivity index (χ2v) is 7.04. The maximum atomic E-state index is 12.6. The van der Waals surface area contributed by atoms with Crippen LogP contribution in [0.3, 0.4) is 0 Å². The molecule has 6 nitrogen and oxygen atoms in total. The van der Waals surface area contributed by atoms with Crippen LogP contribution in [-0.4, -0.2) is 18.1 Å². The average molecular weight is 447 g/mol. The number of nitrogens with one attached hydrogen (secondary N) is 2. The minimum absolute atomic E-state index is 0.136. The lowest BCUT2D eigenvalue weighted by Gasteiger charge is -2.14. The molecule has 0 spiro atoms. The van der Waals surface area contributed by atoms with Crippen molar-refractivity contribution >= 4 is 55.8 Å². The van der Waals surface area contributed by atoms with Crippen molar-refractivity contribution in [3.63, 3.8) is 0 Å². The summed E-state index contributed by atoms with van der Waals surface area (Å²) in [6.07, 6.45) is 0. The van der Waals surface area contributed by atoms with Gasteiger partial charge in [-0.3, -0.25) is 10.1 Å². The molecule has 0 fully saturated rings. The molecule has 0 aliphatic rings. The lowest BCUT2D eigenvalue weighted by Crippen LogP contribution is -2.34. The van der Waals surface area contributed by atoms with Gasteiger partial charge in [-0.05, 0) is 61.1 Å². The number of rotatable bonds is 3. The van der Waals surface area contributed by atoms with Crippen molar-refractivity contribution in [1.82, 2.24) is 5.32 Å². The number of carbonyl (C=O) groups is 1. The molecule has 3 rings (SSSR count). The number of hydrogen-bond donors (Lipinski definition) is 2. The predicted octanol–water partition coefficient (Wildman–Crippen LogP) is 4.00. The van der Waals surface area contributed by atoms with Crippen LogP contribution >= 0.6 is 28.1 Å². The Labute approximate surface area is 168 Å². The SMILES string of the molecule is COc1c(C)cc(Br)cc1C(=O)NC(=S)Nc1ccc2oc(=O)ccc2c1. The van der Waals surface area contributed by atoms with Crippen LogP contribution in [0.1, 0.15) is 15.9 Å². The van der Waals surface area contributed by atoms with Gasteiger partial charge in [0.25, 0.3) is 5.91 Å². The van der Waals surface area contributed by atoms with Crippen molar-refractivity contribution in [1.29, 1.82) is 0 Å². The van der Waals surface area contributed by atoms with Crippen LogP contribution in [0, 0.1) is 6.92 Å². The van der Waals surface area contributed by atoms with Gasteiger partial charge in [-0.1, -0.05) is 15.9 Å². The highest BCUT2D eigenvalue weighted by Crippen LogP contribution is 2.27. The van der Waals surface area contributed by atoms with E-state index >= 15 is 0 Å². The van der Waals surface area contributed by atoms with Crippen molar-refractivity contribution in [2.75, 3.05) is 12.4 Å². The molecule has 1 aromatic heterocycles. The van der Waals surface area contributed by atoms with Crippen molar-refractivity contribution < 1.29 is 13.9 Å². The van der Waals surface area contributed by atoms with Crippen molar-refractivity contribution in [3.8, 4) is 5.75 Å². The van der Waals surface area contributed by atoms with E-state index < -0.39 is 5.63 Å². The first-order chi connectivity index (χ1) is 12.9. The number of halogens is 1. The Bertz CT molecular complexity index is 1110. The van der Waals surface area contributed by atoms with E-state index in [4.69, 9.17) is 21.4 Å². The molecule has 0 saturated carbocycles. The highest BCUT2D eigenvalue weighted by Gasteiger charge is 2.16. The lowest BCUT2D eigenvalue weighted by atomic mass is 10.1. The van der Waals surface area contributed by atoms with Crippen LogP contribution in [-0.2, 0) is 0 Å². The van der Waals surface area contributed by atoms with E-state index in [1.165, 1.54) is 13.2 Å². The molecule has 1 heterocycles. The molecule has 8 heteroatoms. The standard InChI is InChI=1S/C19H15BrN2O4S/c1-10-7-12(20)9-14(17(10)25-2)18(24)22-19(27)21-13-4-5-15-11(8-13)3-6-16(23)26-15/h3-9H,1-2H3,(H2,21,22,24,27). The quantitative estimate of drug-likeness (QED) is 0.467. The second kappa shape index (κ2) is 7.89. The molecule has 2 aromatic carbocycles. The summed E-state index contributed by atoms with van der Waals surface area (Å²) in [6.45, 7) is 1.85. The molecule has 138 valence electrons. The topological polar surface area (TPSA) is 80.6 Å². The predicted molar refractivity (Wildman–Crippen MR) is 112 cm³/mol. The summed E-state index contributed by atoms with van der Waals surface area (Å²) < 4.78 is 11.2. The van der Waals surface area contributed by atoms with Crippen LogP contribution in [0.25, 0.3) is 11.0 Å². The van der Waals surface area contributed by atoms with Crippen molar-refractivity contribution in [2.45, 2.75) is 6.92 Å². The van der Waals surface area contributed by atoms with Crippen molar-refractivity contribution in [3.05, 3.63) is 68.5 Å². The van der Waals surface area contributed by atoms with E-state index in [2.05, 4.69) is 26.6 Å². The third-order valence-electron chi connectivity index (χ3n) is 3.79. The molecule has 3 aromatic rings. The normalized spacial score (nSPS) is 10.5. The number of thiocarbonyl (C=S) groups is 1. The van der Waals surface area contributed by atoms with Crippen LogP contribution in [0.2, 0.25) is 0 Å². The van der Waals surface area contributed by atoms with Gasteiger partial charge in [-0.2, -0.15) is 0 Å². The van der Waals surface area contributed by atoms with E-state index in [0.717, 1.165) is 15.4 Å². The molecule has 0 radical (unpaired) electrons. The Balaban J connectivity index is 1.77. The van der Waals surface area contributed by atoms with E-state index in [0.29, 0.717) is 22.6 Å². The number of hydrogen-bond acceptors (Lipinski definition) is 5. The molecule has 0 atom stereocenters. The summed E-state index contributed by atoms with van der Waals surface area (Å²) in [5, 5.41) is 6.45. The van der Waals surface area contributed by atoms with Gasteiger partial charge in [0, 0.05) is 21.6 Å². The lowest BCUT2D eigenvalue weighted by molar-refractivity contribution is 0.0974. The third-order valence-corrected chi connectivity index (χ3v) is 4.45. The van der Waals surface area contributed by atoms with E-state index in [9.17, 15) is 9.59 Å². The minimum atomic E-state index is -0.413. The van der Waals surface area contributed by atoms with E-state index in [1.807, 2.05) is 13.0 Å². The first-order valence-electron chi connectivity index (χ1n) is 7.88. The molecule has 0 saturated heterocycles. The number of aryl methyl sites for hydroxylation is 1. The highest BCUT2D eigenvalue weighted by atomic mass is 79.9. The summed E-state index contributed by atoms with van der Waals surface area (Å²) in [5.74, 6) is 0.0970. The molecule has 0 unspecified atom stereocenters. The van der Waals surface area contributed by atoms with Crippen LogP contribution in [0.4, 0.5) is 5.69 Å². The molecular weight excluding hydrogens is 432 g/mol. The fourth-order valence-electron chi connectivity index (χ4n) is 2.65. The molecule has 1 amide bonds. The molecule has 27 heavy (non-hydrogen) atoms. The number of ether oxygens (including phenoxy) is 1. The molecule has 2 N–H and O–H groups in total. The second-order valence-electron chi connectivity index (χ2n) is 5.72. The first kappa shape index (κ1) is 19.1. The van der Waals surface area contributed by atoms with Gasteiger partial charge in [0.2, 0.25) is 0 Å². The third kappa shape index (κ3) is 4.35. The van der Waals surface area contributed by atoms with Gasteiger partial charge >= 0.3 is 5.63 Å². The smallest absolute Gasteiger partial charge is 0.336 e. The van der Waals surface area contributed by atoms with Gasteiger partial charge < -0.3 is 14.5 Å². The Morgan fingerprint density at radius 3 is 2.70 bits per heavy atom. The summed E-state index contributed by atoms with van der Waals surface area (Å²) in [4.78, 5) is 23.8. The molecular formula is C19H15BrN2O4S. The Morgan fingerprint density at radius 2 is 1.96 bits per heavy atom. The van der Waals surface area contributed by atoms with Crippen molar-refractivity contribution in [2.24, 2.45) is 0 Å². The fourth-order valence-corrected chi connectivity index (χ4v) is 3.43. The van der Waals surface area contributed by atoms with Crippen LogP contribution in [0.15, 0.2) is 56.1 Å². The van der Waals surface area contributed by atoms with E-state index in [1.54, 1.807) is 30.3 Å². The van der Waals surface area contributed by atoms with Gasteiger partial charge in [-0.15, -0.1) is 0 Å². The Hall–Kier alpha value is -2.71. The number of anilines is 1. The zero-order chi connectivity index (χ0) is 19.6. The zero-order valence-corrected chi connectivity index (χ0v) is 16.9. The largest absolute Gasteiger partial charge is 0.496 e. The Kier molecular flexibility index (Phi) is 5.57. The minimum Gasteiger partial charge on any atom is -0.496 e. The van der Waals surface area contributed by atoms with Gasteiger partial charge in [0.05, 0.1) is 12.7 Å². The number of benzene rings is 2.